The van der Waals surface area contributed by atoms with Crippen LogP contribution in [0.4, 0.5) is 11.4 Å². The number of benzene rings is 2. The van der Waals surface area contributed by atoms with E-state index < -0.39 is 0 Å². The molecule has 1 saturated heterocycles. The molecule has 0 unspecified atom stereocenters. The van der Waals surface area contributed by atoms with Crippen molar-refractivity contribution in [3.05, 3.63) is 65.1 Å². The third-order valence-electron chi connectivity index (χ3n) is 8.11. The number of rotatable bonds is 3. The first-order valence-corrected chi connectivity index (χ1v) is 13.6. The van der Waals surface area contributed by atoms with Crippen LogP contribution in [0.3, 0.4) is 0 Å². The Morgan fingerprint density at radius 3 is 2.49 bits per heavy atom. The van der Waals surface area contributed by atoms with Gasteiger partial charge in [0.05, 0.1) is 17.1 Å². The van der Waals surface area contributed by atoms with E-state index in [4.69, 9.17) is 16.6 Å². The number of anilines is 2. The van der Waals surface area contributed by atoms with Crippen LogP contribution in [0, 0.1) is 5.92 Å². The molecule has 5 nitrogen and oxygen atoms in total. The number of carbonyl (C=O) groups excluding carboxylic acids is 1. The van der Waals surface area contributed by atoms with Crippen LogP contribution in [0.25, 0.3) is 11.3 Å². The molecule has 0 atom stereocenters. The number of hydrogen-bond donors (Lipinski definition) is 1. The van der Waals surface area contributed by atoms with Gasteiger partial charge in [-0.2, -0.15) is 0 Å². The molecule has 3 heterocycles. The average Bonchev–Trinajstić information content (AvgIpc) is 3.28. The summed E-state index contributed by atoms with van der Waals surface area (Å²) in [5.41, 5.74) is 5.34. The lowest BCUT2D eigenvalue weighted by Crippen LogP contribution is -2.43. The van der Waals surface area contributed by atoms with Crippen LogP contribution >= 0.6 is 11.6 Å². The number of aromatic nitrogens is 2. The molecule has 1 saturated carbocycles. The maximum Gasteiger partial charge on any atom is 0.230 e. The normalized spacial score (nSPS) is 19.2. The largest absolute Gasteiger partial charge is 0.371 e. The Labute approximate surface area is 212 Å². The number of imidazole rings is 1. The summed E-state index contributed by atoms with van der Waals surface area (Å²) in [4.78, 5) is 27.0. The number of piperidine rings is 1. The van der Waals surface area contributed by atoms with Gasteiger partial charge in [-0.05, 0) is 56.0 Å². The number of carbonyl (C=O) groups is 1. The number of aromatic amines is 1. The second-order valence-corrected chi connectivity index (χ2v) is 10.7. The smallest absolute Gasteiger partial charge is 0.230 e. The summed E-state index contributed by atoms with van der Waals surface area (Å²) in [7, 11) is 0. The lowest BCUT2D eigenvalue weighted by Gasteiger charge is -2.35. The standard InChI is InChI=1S/C29H33ClN4O/c30-22-11-12-26-24(19-22)27-25(31-28(32-27)20-7-3-1-4-8-20)15-18-34(26)29(35)21-13-16-33(17-14-21)23-9-5-2-6-10-23/h2,5-6,9-12,19-21H,1,3-4,7-8,13-18H2,(H,31,32). The second kappa shape index (κ2) is 9.69. The van der Waals surface area contributed by atoms with Gasteiger partial charge in [0.2, 0.25) is 5.91 Å². The lowest BCUT2D eigenvalue weighted by molar-refractivity contribution is -0.123. The third-order valence-corrected chi connectivity index (χ3v) is 8.35. The molecule has 0 bridgehead atoms. The van der Waals surface area contributed by atoms with Crippen molar-refractivity contribution in [3.63, 3.8) is 0 Å². The first-order valence-electron chi connectivity index (χ1n) is 13.2. The predicted molar refractivity (Wildman–Crippen MR) is 142 cm³/mol. The zero-order valence-electron chi connectivity index (χ0n) is 20.2. The van der Waals surface area contributed by atoms with Crippen molar-refractivity contribution >= 4 is 28.9 Å². The first-order chi connectivity index (χ1) is 17.2. The molecule has 35 heavy (non-hydrogen) atoms. The molecular weight excluding hydrogens is 456 g/mol. The predicted octanol–water partition coefficient (Wildman–Crippen LogP) is 6.58. The van der Waals surface area contributed by atoms with E-state index in [2.05, 4.69) is 34.1 Å². The summed E-state index contributed by atoms with van der Waals surface area (Å²) < 4.78 is 0. The van der Waals surface area contributed by atoms with Gasteiger partial charge in [0.15, 0.2) is 0 Å². The summed E-state index contributed by atoms with van der Waals surface area (Å²) in [5, 5.41) is 0.689. The molecule has 2 aromatic carbocycles. The van der Waals surface area contributed by atoms with Gasteiger partial charge in [0.1, 0.15) is 5.82 Å². The Hall–Kier alpha value is -2.79. The number of fused-ring (bicyclic) bond motifs is 3. The van der Waals surface area contributed by atoms with Crippen LogP contribution in [0.2, 0.25) is 5.02 Å². The van der Waals surface area contributed by atoms with Crippen molar-refractivity contribution < 1.29 is 4.79 Å². The van der Waals surface area contributed by atoms with Crippen LogP contribution in [0.5, 0.6) is 0 Å². The summed E-state index contributed by atoms with van der Waals surface area (Å²) in [6, 6.07) is 16.4. The molecule has 3 aromatic rings. The highest BCUT2D eigenvalue weighted by Crippen LogP contribution is 2.40. The fourth-order valence-corrected chi connectivity index (χ4v) is 6.33. The molecule has 2 fully saturated rings. The molecule has 6 rings (SSSR count). The zero-order chi connectivity index (χ0) is 23.8. The Morgan fingerprint density at radius 2 is 1.71 bits per heavy atom. The van der Waals surface area contributed by atoms with Crippen molar-refractivity contribution in [2.75, 3.05) is 29.4 Å². The van der Waals surface area contributed by atoms with E-state index in [-0.39, 0.29) is 11.8 Å². The van der Waals surface area contributed by atoms with Gasteiger partial charge in [0.25, 0.3) is 0 Å². The monoisotopic (exact) mass is 488 g/mol. The minimum atomic E-state index is 0.0423. The average molecular weight is 489 g/mol. The number of para-hydroxylation sites is 1. The van der Waals surface area contributed by atoms with Crippen LogP contribution in [-0.4, -0.2) is 35.5 Å². The number of nitrogens with one attached hydrogen (secondary N) is 1. The maximum atomic E-state index is 13.8. The van der Waals surface area contributed by atoms with Gasteiger partial charge in [-0.15, -0.1) is 0 Å². The highest BCUT2D eigenvalue weighted by Gasteiger charge is 2.33. The number of hydrogen-bond acceptors (Lipinski definition) is 3. The van der Waals surface area contributed by atoms with E-state index in [1.807, 2.05) is 29.2 Å². The minimum Gasteiger partial charge on any atom is -0.371 e. The molecule has 182 valence electrons. The molecule has 1 aromatic heterocycles. The van der Waals surface area contributed by atoms with E-state index >= 15 is 0 Å². The molecule has 1 amide bonds. The summed E-state index contributed by atoms with van der Waals surface area (Å²) in [6.45, 7) is 2.48. The fourth-order valence-electron chi connectivity index (χ4n) is 6.16. The van der Waals surface area contributed by atoms with E-state index in [1.165, 1.54) is 37.8 Å². The zero-order valence-corrected chi connectivity index (χ0v) is 20.9. The Balaban J connectivity index is 1.25. The number of H-pyrrole nitrogens is 1. The molecular formula is C29H33ClN4O. The van der Waals surface area contributed by atoms with Crippen LogP contribution in [0.1, 0.15) is 62.4 Å². The Bertz CT molecular complexity index is 1190. The van der Waals surface area contributed by atoms with Gasteiger partial charge in [-0.1, -0.05) is 49.1 Å². The third kappa shape index (κ3) is 4.47. The molecule has 0 radical (unpaired) electrons. The highest BCUT2D eigenvalue weighted by atomic mass is 35.5. The number of nitrogens with zero attached hydrogens (tertiary/aromatic N) is 3. The van der Waals surface area contributed by atoms with Gasteiger partial charge < -0.3 is 14.8 Å². The highest BCUT2D eigenvalue weighted by molar-refractivity contribution is 6.31. The second-order valence-electron chi connectivity index (χ2n) is 10.3. The van der Waals surface area contributed by atoms with E-state index in [0.717, 1.165) is 60.8 Å². The lowest BCUT2D eigenvalue weighted by atomic mass is 9.89. The first kappa shape index (κ1) is 22.7. The van der Waals surface area contributed by atoms with Gasteiger partial charge in [0, 0.05) is 54.2 Å². The van der Waals surface area contributed by atoms with Gasteiger partial charge in [-0.25, -0.2) is 4.98 Å². The quantitative estimate of drug-likeness (QED) is 0.452. The molecule has 0 spiro atoms. The summed E-state index contributed by atoms with van der Waals surface area (Å²) in [5.74, 6) is 1.92. The maximum absolute atomic E-state index is 13.8. The minimum absolute atomic E-state index is 0.0423. The van der Waals surface area contributed by atoms with E-state index in [0.29, 0.717) is 17.5 Å². The summed E-state index contributed by atoms with van der Waals surface area (Å²) >= 11 is 6.46. The van der Waals surface area contributed by atoms with Crippen molar-refractivity contribution in [2.24, 2.45) is 5.92 Å². The van der Waals surface area contributed by atoms with Crippen molar-refractivity contribution in [3.8, 4) is 11.3 Å². The van der Waals surface area contributed by atoms with E-state index in [9.17, 15) is 4.79 Å². The number of amides is 1. The van der Waals surface area contributed by atoms with E-state index in [1.54, 1.807) is 0 Å². The molecule has 2 aliphatic heterocycles. The van der Waals surface area contributed by atoms with Gasteiger partial charge >= 0.3 is 0 Å². The van der Waals surface area contributed by atoms with Gasteiger partial charge in [-0.3, -0.25) is 4.79 Å². The molecule has 6 heteroatoms. The van der Waals surface area contributed by atoms with Crippen molar-refractivity contribution in [1.29, 1.82) is 0 Å². The SMILES string of the molecule is O=C(C1CCN(c2ccccc2)CC1)N1CCc2nc(C3CCCCC3)[nH]c2-c2cc(Cl)ccc21. The van der Waals surface area contributed by atoms with Crippen LogP contribution < -0.4 is 9.80 Å². The number of halogens is 1. The van der Waals surface area contributed by atoms with Crippen LogP contribution in [-0.2, 0) is 11.2 Å². The molecule has 3 aliphatic rings. The molecule has 1 aliphatic carbocycles. The Kier molecular flexibility index (Phi) is 6.28. The van der Waals surface area contributed by atoms with Crippen molar-refractivity contribution in [1.82, 2.24) is 9.97 Å². The fraction of sp³-hybridized carbons (Fsp3) is 0.448. The topological polar surface area (TPSA) is 52.2 Å². The summed E-state index contributed by atoms with van der Waals surface area (Å²) in [6.07, 6.45) is 8.83. The molecule has 1 N–H and O–H groups in total. The van der Waals surface area contributed by atoms with Crippen molar-refractivity contribution in [2.45, 2.75) is 57.3 Å². The van der Waals surface area contributed by atoms with Crippen LogP contribution in [0.15, 0.2) is 48.5 Å². The Morgan fingerprint density at radius 1 is 0.943 bits per heavy atom.